The largest absolute Gasteiger partial charge is 0.507 e. The lowest BCUT2D eigenvalue weighted by molar-refractivity contribution is -0.140. The number of benzene rings is 3. The third-order valence-electron chi connectivity index (χ3n) is 6.50. The Labute approximate surface area is 214 Å². The van der Waals surface area contributed by atoms with Crippen molar-refractivity contribution < 1.29 is 34.1 Å². The quantitative estimate of drug-likeness (QED) is 0.275. The second-order valence-corrected chi connectivity index (χ2v) is 8.84. The maximum Gasteiger partial charge on any atom is 0.335 e. The summed E-state index contributed by atoms with van der Waals surface area (Å²) < 4.78 is 10.7. The number of aliphatic hydroxyl groups excluding tert-OH is 1. The average Bonchev–Trinajstić information content (AvgIpc) is 3.14. The van der Waals surface area contributed by atoms with Crippen LogP contribution in [0.1, 0.15) is 44.2 Å². The molecule has 8 heteroatoms. The molecule has 0 aromatic heterocycles. The first-order valence-electron chi connectivity index (χ1n) is 11.6. The number of ketones is 1. The minimum absolute atomic E-state index is 0.0315. The lowest BCUT2D eigenvalue weighted by Crippen LogP contribution is -2.29. The molecule has 1 amide bonds. The zero-order valence-electron chi connectivity index (χ0n) is 20.9. The summed E-state index contributed by atoms with van der Waals surface area (Å²) in [6.45, 7) is 3.65. The van der Waals surface area contributed by atoms with Crippen molar-refractivity contribution in [1.82, 2.24) is 4.90 Å². The van der Waals surface area contributed by atoms with Gasteiger partial charge in [-0.05, 0) is 72.5 Å². The number of aromatic carboxylic acids is 1. The van der Waals surface area contributed by atoms with Gasteiger partial charge >= 0.3 is 5.97 Å². The first kappa shape index (κ1) is 25.5. The number of hydrogen-bond acceptors (Lipinski definition) is 6. The van der Waals surface area contributed by atoms with Gasteiger partial charge in [0.2, 0.25) is 0 Å². The van der Waals surface area contributed by atoms with Crippen molar-refractivity contribution in [3.05, 3.63) is 99.6 Å². The van der Waals surface area contributed by atoms with Crippen LogP contribution in [0.4, 0.5) is 0 Å². The minimum atomic E-state index is -1.06. The molecule has 1 fully saturated rings. The molecule has 2 N–H and O–H groups in total. The fourth-order valence-electron chi connectivity index (χ4n) is 4.56. The van der Waals surface area contributed by atoms with Crippen molar-refractivity contribution >= 4 is 23.4 Å². The third kappa shape index (κ3) is 4.78. The summed E-state index contributed by atoms with van der Waals surface area (Å²) in [5.41, 5.74) is 3.17. The number of carbonyl (C=O) groups excluding carboxylic acids is 2. The molecule has 3 aromatic carbocycles. The van der Waals surface area contributed by atoms with E-state index in [0.717, 1.165) is 5.56 Å². The lowest BCUT2D eigenvalue weighted by Gasteiger charge is -2.26. The van der Waals surface area contributed by atoms with Crippen LogP contribution < -0.4 is 9.47 Å². The third-order valence-corrected chi connectivity index (χ3v) is 6.50. The highest BCUT2D eigenvalue weighted by Gasteiger charge is 2.46. The second kappa shape index (κ2) is 10.2. The molecule has 1 aliphatic heterocycles. The maximum atomic E-state index is 13.4. The van der Waals surface area contributed by atoms with Crippen molar-refractivity contribution in [1.29, 1.82) is 0 Å². The number of amides is 1. The van der Waals surface area contributed by atoms with Gasteiger partial charge in [-0.1, -0.05) is 24.3 Å². The topological polar surface area (TPSA) is 113 Å². The Balaban J connectivity index is 1.87. The molecule has 0 saturated carbocycles. The summed E-state index contributed by atoms with van der Waals surface area (Å²) >= 11 is 0. The molecule has 0 spiro atoms. The van der Waals surface area contributed by atoms with E-state index < -0.39 is 23.7 Å². The van der Waals surface area contributed by atoms with Gasteiger partial charge in [0, 0.05) is 12.1 Å². The molecule has 8 nitrogen and oxygen atoms in total. The van der Waals surface area contributed by atoms with Gasteiger partial charge in [0.05, 0.1) is 31.4 Å². The van der Waals surface area contributed by atoms with E-state index in [2.05, 4.69) is 0 Å². The van der Waals surface area contributed by atoms with Gasteiger partial charge in [0.25, 0.3) is 11.7 Å². The van der Waals surface area contributed by atoms with E-state index >= 15 is 0 Å². The number of hydrogen-bond donors (Lipinski definition) is 2. The van der Waals surface area contributed by atoms with Gasteiger partial charge in [-0.3, -0.25) is 9.59 Å². The number of likely N-dealkylation sites (tertiary alicyclic amines) is 1. The van der Waals surface area contributed by atoms with Crippen LogP contribution in [0.2, 0.25) is 0 Å². The van der Waals surface area contributed by atoms with Crippen molar-refractivity contribution in [2.75, 3.05) is 14.2 Å². The van der Waals surface area contributed by atoms with Crippen LogP contribution in [-0.4, -0.2) is 47.0 Å². The van der Waals surface area contributed by atoms with Crippen LogP contribution in [0.5, 0.6) is 11.5 Å². The van der Waals surface area contributed by atoms with E-state index in [1.165, 1.54) is 24.1 Å². The second-order valence-electron chi connectivity index (χ2n) is 8.84. The smallest absolute Gasteiger partial charge is 0.335 e. The summed E-state index contributed by atoms with van der Waals surface area (Å²) in [5.74, 6) is -1.74. The number of rotatable bonds is 7. The van der Waals surface area contributed by atoms with Gasteiger partial charge in [-0.25, -0.2) is 4.79 Å². The van der Waals surface area contributed by atoms with Crippen molar-refractivity contribution in [2.24, 2.45) is 0 Å². The summed E-state index contributed by atoms with van der Waals surface area (Å²) in [6.07, 6.45) is 0. The van der Waals surface area contributed by atoms with Crippen LogP contribution in [0, 0.1) is 13.8 Å². The predicted octanol–water partition coefficient (Wildman–Crippen LogP) is 4.64. The fourth-order valence-corrected chi connectivity index (χ4v) is 4.56. The Morgan fingerprint density at radius 1 is 0.919 bits per heavy atom. The average molecular weight is 502 g/mol. The highest BCUT2D eigenvalue weighted by molar-refractivity contribution is 6.46. The van der Waals surface area contributed by atoms with E-state index in [0.29, 0.717) is 33.8 Å². The van der Waals surface area contributed by atoms with E-state index in [1.807, 2.05) is 6.92 Å². The molecule has 4 rings (SSSR count). The predicted molar refractivity (Wildman–Crippen MR) is 137 cm³/mol. The number of Topliss-reactive ketones (excluding diaryl/α,β-unsaturated/α-hetero) is 1. The molecule has 0 aliphatic carbocycles. The molecule has 1 atom stereocenters. The number of aliphatic hydroxyl groups is 1. The van der Waals surface area contributed by atoms with Crippen molar-refractivity contribution in [3.8, 4) is 11.5 Å². The summed E-state index contributed by atoms with van der Waals surface area (Å²) in [6, 6.07) is 15.7. The monoisotopic (exact) mass is 501 g/mol. The van der Waals surface area contributed by atoms with Crippen molar-refractivity contribution in [3.63, 3.8) is 0 Å². The molecular weight excluding hydrogens is 474 g/mol. The van der Waals surface area contributed by atoms with E-state index in [9.17, 15) is 24.6 Å². The Bertz CT molecular complexity index is 1420. The fraction of sp³-hybridized carbons (Fsp3) is 0.207. The van der Waals surface area contributed by atoms with Crippen molar-refractivity contribution in [2.45, 2.75) is 26.4 Å². The van der Waals surface area contributed by atoms with Gasteiger partial charge in [-0.15, -0.1) is 0 Å². The van der Waals surface area contributed by atoms with Crippen LogP contribution in [0.25, 0.3) is 5.76 Å². The SMILES string of the molecule is COc1cccc(C2/C(=C(\O)c3cc(C)c(OC)cc3C)C(=O)C(=O)N2Cc2ccc(C(=O)O)cc2)c1. The highest BCUT2D eigenvalue weighted by atomic mass is 16.5. The Morgan fingerprint density at radius 2 is 1.62 bits per heavy atom. The molecule has 1 heterocycles. The number of methoxy groups -OCH3 is 2. The van der Waals surface area contributed by atoms with E-state index in [-0.39, 0.29) is 23.4 Å². The number of aryl methyl sites for hydroxylation is 2. The Hall–Kier alpha value is -4.59. The number of nitrogens with zero attached hydrogens (tertiary/aromatic N) is 1. The highest BCUT2D eigenvalue weighted by Crippen LogP contribution is 2.42. The molecule has 1 saturated heterocycles. The Morgan fingerprint density at radius 3 is 2.24 bits per heavy atom. The van der Waals surface area contributed by atoms with Crippen LogP contribution >= 0.6 is 0 Å². The first-order chi connectivity index (χ1) is 17.7. The number of carbonyl (C=O) groups is 3. The van der Waals surface area contributed by atoms with Crippen LogP contribution in [0.15, 0.2) is 66.2 Å². The summed E-state index contributed by atoms with van der Waals surface area (Å²) in [4.78, 5) is 39.3. The van der Waals surface area contributed by atoms with Crippen LogP contribution in [-0.2, 0) is 16.1 Å². The lowest BCUT2D eigenvalue weighted by atomic mass is 9.93. The minimum Gasteiger partial charge on any atom is -0.507 e. The van der Waals surface area contributed by atoms with Gasteiger partial charge in [-0.2, -0.15) is 0 Å². The van der Waals surface area contributed by atoms with Gasteiger partial charge in [0.15, 0.2) is 0 Å². The number of ether oxygens (including phenoxy) is 2. The summed E-state index contributed by atoms with van der Waals surface area (Å²) in [7, 11) is 3.07. The molecule has 3 aromatic rings. The van der Waals surface area contributed by atoms with Gasteiger partial charge < -0.3 is 24.6 Å². The molecule has 1 unspecified atom stereocenters. The zero-order valence-corrected chi connectivity index (χ0v) is 20.9. The molecule has 0 bridgehead atoms. The van der Waals surface area contributed by atoms with E-state index in [4.69, 9.17) is 9.47 Å². The Kier molecular flexibility index (Phi) is 7.02. The normalized spacial score (nSPS) is 16.6. The molecule has 190 valence electrons. The molecule has 0 radical (unpaired) electrons. The van der Waals surface area contributed by atoms with E-state index in [1.54, 1.807) is 62.6 Å². The molecular formula is C29H27NO7. The van der Waals surface area contributed by atoms with Crippen LogP contribution in [0.3, 0.4) is 0 Å². The number of carboxylic acid groups (broad SMARTS) is 1. The number of carboxylic acids is 1. The summed E-state index contributed by atoms with van der Waals surface area (Å²) in [5, 5.41) is 20.7. The van der Waals surface area contributed by atoms with Gasteiger partial charge in [0.1, 0.15) is 17.3 Å². The zero-order chi connectivity index (χ0) is 26.9. The molecule has 1 aliphatic rings. The maximum absolute atomic E-state index is 13.4. The molecule has 37 heavy (non-hydrogen) atoms. The standard InChI is InChI=1S/C29H27NO7/c1-16-13-23(37-4)17(2)12-22(16)26(31)24-25(20-6-5-7-21(14-20)36-3)30(28(33)27(24)32)15-18-8-10-19(11-9-18)29(34)35/h5-14,25,31H,15H2,1-4H3,(H,34,35)/b26-24+. The first-order valence-corrected chi connectivity index (χ1v) is 11.6.